The summed E-state index contributed by atoms with van der Waals surface area (Å²) in [5.41, 5.74) is 0.769. The minimum absolute atomic E-state index is 0.139. The van der Waals surface area contributed by atoms with Crippen LogP contribution >= 0.6 is 0 Å². The monoisotopic (exact) mass is 370 g/mol. The summed E-state index contributed by atoms with van der Waals surface area (Å²) in [4.78, 5) is 26.3. The zero-order valence-electron chi connectivity index (χ0n) is 16.0. The molecule has 1 fully saturated rings. The van der Waals surface area contributed by atoms with E-state index < -0.39 is 0 Å². The largest absolute Gasteiger partial charge is 0.486 e. The van der Waals surface area contributed by atoms with Crippen molar-refractivity contribution in [1.82, 2.24) is 10.2 Å². The average molecular weight is 370 g/mol. The quantitative estimate of drug-likeness (QED) is 0.813. The summed E-state index contributed by atoms with van der Waals surface area (Å²) in [5, 5.41) is 2.90. The van der Waals surface area contributed by atoms with Crippen LogP contribution in [0.15, 0.2) is 40.8 Å². The molecule has 0 aliphatic carbocycles. The van der Waals surface area contributed by atoms with Gasteiger partial charge in [0.25, 0.3) is 5.91 Å². The molecular weight excluding hydrogens is 344 g/mol. The first kappa shape index (κ1) is 19.0. The first-order valence-electron chi connectivity index (χ1n) is 9.29. The maximum atomic E-state index is 12.5. The van der Waals surface area contributed by atoms with Crippen molar-refractivity contribution in [3.63, 3.8) is 0 Å². The molecule has 0 saturated carbocycles. The van der Waals surface area contributed by atoms with E-state index in [4.69, 9.17) is 9.15 Å². The lowest BCUT2D eigenvalue weighted by atomic mass is 10.1. The molecule has 144 valence electrons. The predicted molar refractivity (Wildman–Crippen MR) is 102 cm³/mol. The van der Waals surface area contributed by atoms with Gasteiger partial charge in [-0.15, -0.1) is 0 Å². The van der Waals surface area contributed by atoms with Crippen LogP contribution in [0.4, 0.5) is 0 Å². The number of ether oxygens (including phenoxy) is 1. The highest BCUT2D eigenvalue weighted by Gasteiger charge is 2.31. The van der Waals surface area contributed by atoms with Crippen LogP contribution in [0.1, 0.15) is 42.1 Å². The van der Waals surface area contributed by atoms with Crippen LogP contribution in [0.2, 0.25) is 0 Å². The first-order valence-corrected chi connectivity index (χ1v) is 9.29. The molecule has 1 aliphatic rings. The smallest absolute Gasteiger partial charge is 0.287 e. The molecule has 2 heterocycles. The normalized spacial score (nSPS) is 16.8. The van der Waals surface area contributed by atoms with E-state index in [1.165, 1.54) is 0 Å². The number of carbonyl (C=O) groups excluding carboxylic acids is 2. The average Bonchev–Trinajstić information content (AvgIpc) is 3.21. The first-order chi connectivity index (χ1) is 12.9. The second kappa shape index (κ2) is 8.29. The number of benzene rings is 1. The van der Waals surface area contributed by atoms with Gasteiger partial charge in [0.1, 0.15) is 18.1 Å². The number of aryl methyl sites for hydroxylation is 1. The number of hydrogen-bond acceptors (Lipinski definition) is 4. The Balaban J connectivity index is 1.53. The van der Waals surface area contributed by atoms with Gasteiger partial charge in [-0.05, 0) is 39.0 Å². The molecule has 1 aliphatic heterocycles. The number of nitrogens with one attached hydrogen (secondary N) is 1. The highest BCUT2D eigenvalue weighted by atomic mass is 16.5. The molecule has 6 nitrogen and oxygen atoms in total. The molecule has 1 N–H and O–H groups in total. The van der Waals surface area contributed by atoms with Gasteiger partial charge in [0.2, 0.25) is 5.91 Å². The van der Waals surface area contributed by atoms with Gasteiger partial charge in [-0.25, -0.2) is 0 Å². The fraction of sp³-hybridized carbons (Fsp3) is 0.429. The summed E-state index contributed by atoms with van der Waals surface area (Å²) in [6.07, 6.45) is 0.478. The van der Waals surface area contributed by atoms with Crippen molar-refractivity contribution in [2.45, 2.75) is 39.8 Å². The molecule has 2 amide bonds. The number of para-hydroxylation sites is 1. The van der Waals surface area contributed by atoms with Crippen LogP contribution in [0.5, 0.6) is 5.75 Å². The highest BCUT2D eigenvalue weighted by Crippen LogP contribution is 2.21. The van der Waals surface area contributed by atoms with E-state index in [-0.39, 0.29) is 30.4 Å². The SMILES string of the molecule is Cc1cc(COc2ccccc2)oc1C(=O)NC[C@@H]1CC(=O)N(C(C)C)C1. The van der Waals surface area contributed by atoms with Crippen molar-refractivity contribution in [3.05, 3.63) is 53.5 Å². The van der Waals surface area contributed by atoms with Gasteiger partial charge in [-0.1, -0.05) is 18.2 Å². The molecule has 0 spiro atoms. The van der Waals surface area contributed by atoms with E-state index in [9.17, 15) is 9.59 Å². The lowest BCUT2D eigenvalue weighted by molar-refractivity contribution is -0.129. The molecule has 1 aromatic carbocycles. The number of nitrogens with zero attached hydrogens (tertiary/aromatic N) is 1. The van der Waals surface area contributed by atoms with E-state index in [1.807, 2.05) is 62.1 Å². The van der Waals surface area contributed by atoms with E-state index in [0.29, 0.717) is 31.0 Å². The van der Waals surface area contributed by atoms with Crippen LogP contribution in [0.25, 0.3) is 0 Å². The fourth-order valence-electron chi connectivity index (χ4n) is 3.28. The number of furan rings is 1. The minimum Gasteiger partial charge on any atom is -0.486 e. The Morgan fingerprint density at radius 3 is 2.74 bits per heavy atom. The predicted octanol–water partition coefficient (Wildman–Crippen LogP) is 3.15. The second-order valence-corrected chi connectivity index (χ2v) is 7.25. The van der Waals surface area contributed by atoms with Crippen molar-refractivity contribution in [1.29, 1.82) is 0 Å². The standard InChI is InChI=1S/C21H26N2O4/c1-14(2)23-12-16(10-19(23)24)11-22-21(25)20-15(3)9-18(27-20)13-26-17-7-5-4-6-8-17/h4-9,14,16H,10-13H2,1-3H3,(H,22,25)/t16-/m0/s1. The van der Waals surface area contributed by atoms with Crippen LogP contribution in [0, 0.1) is 12.8 Å². The Labute approximate surface area is 159 Å². The van der Waals surface area contributed by atoms with Gasteiger partial charge in [-0.2, -0.15) is 0 Å². The molecule has 2 aromatic rings. The molecule has 0 bridgehead atoms. The van der Waals surface area contributed by atoms with Crippen molar-refractivity contribution < 1.29 is 18.7 Å². The maximum Gasteiger partial charge on any atom is 0.287 e. The van der Waals surface area contributed by atoms with Gasteiger partial charge in [-0.3, -0.25) is 9.59 Å². The zero-order chi connectivity index (χ0) is 19.4. The van der Waals surface area contributed by atoms with Gasteiger partial charge < -0.3 is 19.4 Å². The minimum atomic E-state index is -0.256. The Morgan fingerprint density at radius 2 is 2.07 bits per heavy atom. The van der Waals surface area contributed by atoms with Crippen molar-refractivity contribution in [3.8, 4) is 5.75 Å². The molecule has 6 heteroatoms. The molecule has 1 saturated heterocycles. The third-order valence-corrected chi connectivity index (χ3v) is 4.71. The van der Waals surface area contributed by atoms with E-state index in [2.05, 4.69) is 5.32 Å². The summed E-state index contributed by atoms with van der Waals surface area (Å²) in [6.45, 7) is 7.25. The third kappa shape index (κ3) is 4.70. The summed E-state index contributed by atoms with van der Waals surface area (Å²) in [5.74, 6) is 1.68. The topological polar surface area (TPSA) is 71.8 Å². The Hall–Kier alpha value is -2.76. The number of rotatable bonds is 7. The molecule has 0 radical (unpaired) electrons. The molecule has 1 atom stereocenters. The molecule has 27 heavy (non-hydrogen) atoms. The van der Waals surface area contributed by atoms with Gasteiger partial charge >= 0.3 is 0 Å². The highest BCUT2D eigenvalue weighted by molar-refractivity contribution is 5.93. The van der Waals surface area contributed by atoms with E-state index >= 15 is 0 Å². The van der Waals surface area contributed by atoms with E-state index in [1.54, 1.807) is 0 Å². The molecular formula is C21H26N2O4. The number of hydrogen-bond donors (Lipinski definition) is 1. The number of amides is 2. The third-order valence-electron chi connectivity index (χ3n) is 4.71. The Kier molecular flexibility index (Phi) is 5.84. The molecule has 0 unspecified atom stereocenters. The Bertz CT molecular complexity index is 798. The summed E-state index contributed by atoms with van der Waals surface area (Å²) in [6, 6.07) is 11.5. The van der Waals surface area contributed by atoms with Crippen LogP contribution in [-0.4, -0.2) is 35.8 Å². The van der Waals surface area contributed by atoms with Crippen LogP contribution < -0.4 is 10.1 Å². The summed E-state index contributed by atoms with van der Waals surface area (Å²) in [7, 11) is 0. The number of likely N-dealkylation sites (tertiary alicyclic amines) is 1. The number of carbonyl (C=O) groups is 2. The second-order valence-electron chi connectivity index (χ2n) is 7.25. The lowest BCUT2D eigenvalue weighted by Crippen LogP contribution is -2.34. The van der Waals surface area contributed by atoms with Crippen molar-refractivity contribution in [2.24, 2.45) is 5.92 Å². The maximum absolute atomic E-state index is 12.5. The van der Waals surface area contributed by atoms with Crippen LogP contribution in [0.3, 0.4) is 0 Å². The fourth-order valence-corrected chi connectivity index (χ4v) is 3.28. The van der Waals surface area contributed by atoms with Gasteiger partial charge in [0, 0.05) is 37.0 Å². The Morgan fingerprint density at radius 1 is 1.33 bits per heavy atom. The van der Waals surface area contributed by atoms with E-state index in [0.717, 1.165) is 11.3 Å². The lowest BCUT2D eigenvalue weighted by Gasteiger charge is -2.21. The zero-order valence-corrected chi connectivity index (χ0v) is 16.0. The van der Waals surface area contributed by atoms with Crippen molar-refractivity contribution >= 4 is 11.8 Å². The summed E-state index contributed by atoms with van der Waals surface area (Å²) < 4.78 is 11.3. The summed E-state index contributed by atoms with van der Waals surface area (Å²) >= 11 is 0. The molecule has 3 rings (SSSR count). The van der Waals surface area contributed by atoms with Gasteiger partial charge in [0.05, 0.1) is 0 Å². The molecule has 1 aromatic heterocycles. The van der Waals surface area contributed by atoms with Crippen molar-refractivity contribution in [2.75, 3.05) is 13.1 Å². The van der Waals surface area contributed by atoms with Crippen LogP contribution in [-0.2, 0) is 11.4 Å². The van der Waals surface area contributed by atoms with Gasteiger partial charge in [0.15, 0.2) is 5.76 Å².